The highest BCUT2D eigenvalue weighted by Crippen LogP contribution is 2.32. The van der Waals surface area contributed by atoms with E-state index in [2.05, 4.69) is 127 Å². The quantitative estimate of drug-likeness (QED) is 0.146. The average Bonchev–Trinajstić information content (AvgIpc) is 3.37. The minimum Gasteiger partial charge on any atom is -0.424 e. The molecule has 10 nitrogen and oxygen atoms in total. The summed E-state index contributed by atoms with van der Waals surface area (Å²) in [6, 6.07) is 55.9. The van der Waals surface area contributed by atoms with Crippen molar-refractivity contribution in [3.63, 3.8) is 0 Å². The van der Waals surface area contributed by atoms with E-state index in [0.29, 0.717) is 23.1 Å². The van der Waals surface area contributed by atoms with Gasteiger partial charge in [-0.25, -0.2) is 15.0 Å². The summed E-state index contributed by atoms with van der Waals surface area (Å²) >= 11 is 0. The number of para-hydroxylation sites is 2. The first-order valence-electron chi connectivity index (χ1n) is 22.8. The second-order valence-electron chi connectivity index (χ2n) is 17.9. The summed E-state index contributed by atoms with van der Waals surface area (Å²) in [5, 5.41) is 4.54. The van der Waals surface area contributed by atoms with E-state index < -0.39 is 0 Å². The number of rotatable bonds is 8. The molecule has 4 aromatic heterocycles. The molecule has 10 rings (SSSR count). The zero-order chi connectivity index (χ0) is 47.7. The SMILES string of the molecule is CC.CC(C)(C)c1nc(-c2cccc(-c3cc4ccccc4cn3)c2)nc(C(C)(C)C)n1.c1ccc(Oc2nc(Oc3ccccc3)nc(-c3cccc(-c4cc5ccccc5cn4)c3)n2)cc1. The van der Waals surface area contributed by atoms with Crippen molar-refractivity contribution in [2.24, 2.45) is 0 Å². The third-order valence-corrected chi connectivity index (χ3v) is 10.6. The molecular weight excluding hydrogens is 841 g/mol. The normalized spacial score (nSPS) is 11.2. The molecule has 0 amide bonds. The summed E-state index contributed by atoms with van der Waals surface area (Å²) in [6.07, 6.45) is 3.81. The van der Waals surface area contributed by atoms with Gasteiger partial charge in [0, 0.05) is 56.2 Å². The summed E-state index contributed by atoms with van der Waals surface area (Å²) in [5.41, 5.74) is 5.26. The highest BCUT2D eigenvalue weighted by atomic mass is 16.5. The zero-order valence-corrected chi connectivity index (χ0v) is 39.7. The lowest BCUT2D eigenvalue weighted by molar-refractivity contribution is 0.398. The molecule has 68 heavy (non-hydrogen) atoms. The first-order chi connectivity index (χ1) is 32.9. The molecule has 0 atom stereocenters. The maximum absolute atomic E-state index is 5.93. The van der Waals surface area contributed by atoms with Crippen molar-refractivity contribution in [3.8, 4) is 68.8 Å². The lowest BCUT2D eigenvalue weighted by atomic mass is 9.93. The summed E-state index contributed by atoms with van der Waals surface area (Å²) in [4.78, 5) is 37.3. The Hall–Kier alpha value is -8.24. The van der Waals surface area contributed by atoms with Gasteiger partial charge in [-0.1, -0.05) is 177 Å². The Bertz CT molecular complexity index is 3200. The lowest BCUT2D eigenvalue weighted by Crippen LogP contribution is -2.24. The smallest absolute Gasteiger partial charge is 0.328 e. The van der Waals surface area contributed by atoms with Crippen LogP contribution in [0.3, 0.4) is 0 Å². The number of ether oxygens (including phenoxy) is 2. The fourth-order valence-corrected chi connectivity index (χ4v) is 7.04. The molecule has 0 aliphatic carbocycles. The second kappa shape index (κ2) is 20.5. The van der Waals surface area contributed by atoms with Gasteiger partial charge in [-0.15, -0.1) is 4.98 Å². The van der Waals surface area contributed by atoms with Crippen molar-refractivity contribution in [1.82, 2.24) is 39.9 Å². The number of benzene rings is 6. The van der Waals surface area contributed by atoms with Crippen molar-refractivity contribution in [2.75, 3.05) is 0 Å². The van der Waals surface area contributed by atoms with Gasteiger partial charge in [0.25, 0.3) is 0 Å². The van der Waals surface area contributed by atoms with Gasteiger partial charge in [0.2, 0.25) is 0 Å². The van der Waals surface area contributed by atoms with Gasteiger partial charge in [0.15, 0.2) is 11.6 Å². The minimum atomic E-state index is -0.158. The summed E-state index contributed by atoms with van der Waals surface area (Å²) < 4.78 is 11.9. The van der Waals surface area contributed by atoms with E-state index in [9.17, 15) is 0 Å². The molecule has 0 saturated heterocycles. The molecule has 0 N–H and O–H groups in total. The third-order valence-electron chi connectivity index (χ3n) is 10.6. The average molecular weight is 895 g/mol. The van der Waals surface area contributed by atoms with Crippen molar-refractivity contribution >= 4 is 21.5 Å². The van der Waals surface area contributed by atoms with Crippen molar-refractivity contribution in [2.45, 2.75) is 66.2 Å². The molecule has 0 aliphatic rings. The molecule has 338 valence electrons. The summed E-state index contributed by atoms with van der Waals surface area (Å²) in [5.74, 6) is 4.01. The van der Waals surface area contributed by atoms with Crippen LogP contribution < -0.4 is 9.47 Å². The summed E-state index contributed by atoms with van der Waals surface area (Å²) in [7, 11) is 0. The van der Waals surface area contributed by atoms with Crippen LogP contribution in [0.5, 0.6) is 23.5 Å². The summed E-state index contributed by atoms with van der Waals surface area (Å²) in [6.45, 7) is 16.8. The van der Waals surface area contributed by atoms with Crippen LogP contribution in [0.25, 0.3) is 66.8 Å². The van der Waals surface area contributed by atoms with E-state index in [-0.39, 0.29) is 22.9 Å². The van der Waals surface area contributed by atoms with Crippen LogP contribution in [-0.2, 0) is 10.8 Å². The van der Waals surface area contributed by atoms with Crippen LogP contribution in [0.15, 0.2) is 182 Å². The zero-order valence-electron chi connectivity index (χ0n) is 39.7. The molecule has 6 aromatic carbocycles. The van der Waals surface area contributed by atoms with Gasteiger partial charge < -0.3 is 9.47 Å². The monoisotopic (exact) mass is 894 g/mol. The fraction of sp³-hybridized carbons (Fsp3) is 0.172. The Morgan fingerprint density at radius 3 is 1.12 bits per heavy atom. The number of fused-ring (bicyclic) bond motifs is 2. The van der Waals surface area contributed by atoms with Crippen molar-refractivity contribution < 1.29 is 9.47 Å². The number of nitrogens with zero attached hydrogens (tertiary/aromatic N) is 8. The molecule has 4 heterocycles. The Balaban J connectivity index is 0.000000180. The van der Waals surface area contributed by atoms with Gasteiger partial charge in [-0.3, -0.25) is 9.97 Å². The Kier molecular flexibility index (Phi) is 14.0. The van der Waals surface area contributed by atoms with E-state index in [0.717, 1.165) is 61.4 Å². The van der Waals surface area contributed by atoms with Gasteiger partial charge in [0.05, 0.1) is 11.4 Å². The molecule has 0 bridgehead atoms. The predicted octanol–water partition coefficient (Wildman–Crippen LogP) is 14.7. The molecule has 10 heteroatoms. The maximum atomic E-state index is 5.93. The molecule has 0 saturated carbocycles. The van der Waals surface area contributed by atoms with E-state index in [1.807, 2.05) is 135 Å². The maximum Gasteiger partial charge on any atom is 0.328 e. The van der Waals surface area contributed by atoms with Crippen LogP contribution in [0.2, 0.25) is 0 Å². The molecule has 10 aromatic rings. The van der Waals surface area contributed by atoms with Crippen LogP contribution in [0.4, 0.5) is 0 Å². The highest BCUT2D eigenvalue weighted by molar-refractivity contribution is 5.86. The van der Waals surface area contributed by atoms with E-state index >= 15 is 0 Å². The number of pyridine rings is 2. The predicted molar refractivity (Wildman–Crippen MR) is 274 cm³/mol. The third kappa shape index (κ3) is 11.4. The number of aromatic nitrogens is 8. The Labute approximate surface area is 398 Å². The van der Waals surface area contributed by atoms with E-state index in [1.54, 1.807) is 0 Å². The van der Waals surface area contributed by atoms with Crippen molar-refractivity contribution in [1.29, 1.82) is 0 Å². The standard InChI is InChI=1S/C30H20N4O2.C26H28N4.C2H6/c1-3-14-25(15-4-1)35-29-32-28(33-30(34-29)36-26-16-5-2-6-17-26)23-13-9-12-22(18-23)27-19-21-10-7-8-11-24(21)20-31-27;1-25(2,3)23-28-22(29-24(30-23)26(4,5)6)19-13-9-12-18(14-19)21-15-17-10-7-8-11-20(17)16-27-21;1-2/h1-20H;7-16H,1-6H3;1-2H3. The molecule has 0 aliphatic heterocycles. The molecule has 0 spiro atoms. The van der Waals surface area contributed by atoms with Crippen LogP contribution >= 0.6 is 0 Å². The van der Waals surface area contributed by atoms with Crippen LogP contribution in [0.1, 0.15) is 67.0 Å². The fourth-order valence-electron chi connectivity index (χ4n) is 7.04. The minimum absolute atomic E-state index is 0.145. The first-order valence-corrected chi connectivity index (χ1v) is 22.8. The van der Waals surface area contributed by atoms with Crippen molar-refractivity contribution in [3.05, 3.63) is 194 Å². The number of hydrogen-bond donors (Lipinski definition) is 0. The molecule has 0 radical (unpaired) electrons. The Morgan fingerprint density at radius 2 is 0.706 bits per heavy atom. The highest BCUT2D eigenvalue weighted by Gasteiger charge is 2.25. The van der Waals surface area contributed by atoms with Gasteiger partial charge in [-0.05, 0) is 59.3 Å². The van der Waals surface area contributed by atoms with Crippen LogP contribution in [-0.4, -0.2) is 39.9 Å². The van der Waals surface area contributed by atoms with Gasteiger partial charge >= 0.3 is 12.0 Å². The van der Waals surface area contributed by atoms with E-state index in [1.165, 1.54) is 5.39 Å². The lowest BCUT2D eigenvalue weighted by Gasteiger charge is -2.22. The molecule has 0 fully saturated rings. The van der Waals surface area contributed by atoms with Gasteiger partial charge in [0.1, 0.15) is 23.1 Å². The molecule has 0 unspecified atom stereocenters. The van der Waals surface area contributed by atoms with Crippen LogP contribution in [0, 0.1) is 0 Å². The van der Waals surface area contributed by atoms with E-state index in [4.69, 9.17) is 24.4 Å². The van der Waals surface area contributed by atoms with Gasteiger partial charge in [-0.2, -0.15) is 9.97 Å². The first kappa shape index (κ1) is 46.3. The molecular formula is C58H54N8O2. The second-order valence-corrected chi connectivity index (χ2v) is 17.9. The Morgan fingerprint density at radius 1 is 0.338 bits per heavy atom. The topological polar surface area (TPSA) is 122 Å². The largest absolute Gasteiger partial charge is 0.424 e. The number of hydrogen-bond acceptors (Lipinski definition) is 10.